The highest BCUT2D eigenvalue weighted by atomic mass is 16.5. The van der Waals surface area contributed by atoms with Crippen molar-refractivity contribution in [1.82, 2.24) is 9.78 Å². The van der Waals surface area contributed by atoms with Gasteiger partial charge in [0.05, 0.1) is 24.1 Å². The first kappa shape index (κ1) is 14.6. The number of carbonyl (C=O) groups is 1. The average Bonchev–Trinajstić information content (AvgIpc) is 2.86. The topological polar surface area (TPSA) is 56.1 Å². The van der Waals surface area contributed by atoms with E-state index in [1.165, 1.54) is 0 Å². The van der Waals surface area contributed by atoms with E-state index < -0.39 is 0 Å². The molecule has 0 amide bonds. The Balaban J connectivity index is 2.10. The monoisotopic (exact) mass is 299 g/mol. The van der Waals surface area contributed by atoms with Crippen molar-refractivity contribution in [2.45, 2.75) is 26.7 Å². The molecule has 1 aliphatic rings. The van der Waals surface area contributed by atoms with Crippen LogP contribution >= 0.6 is 0 Å². The summed E-state index contributed by atoms with van der Waals surface area (Å²) in [5.74, 6) is 2.04. The van der Waals surface area contributed by atoms with Crippen molar-refractivity contribution in [3.63, 3.8) is 0 Å². The van der Waals surface area contributed by atoms with E-state index in [0.717, 1.165) is 35.7 Å². The van der Waals surface area contributed by atoms with Gasteiger partial charge < -0.3 is 10.1 Å². The molecule has 3 rings (SSSR count). The Morgan fingerprint density at radius 3 is 2.68 bits per heavy atom. The number of hydrogen-bond donors (Lipinski definition) is 1. The lowest BCUT2D eigenvalue weighted by molar-refractivity contribution is 0.0953. The number of rotatable bonds is 4. The molecule has 22 heavy (non-hydrogen) atoms. The summed E-state index contributed by atoms with van der Waals surface area (Å²) in [6, 6.07) is 7.74. The van der Waals surface area contributed by atoms with E-state index in [4.69, 9.17) is 4.74 Å². The van der Waals surface area contributed by atoms with E-state index in [1.807, 2.05) is 35.9 Å². The molecule has 1 aliphatic carbocycles. The summed E-state index contributed by atoms with van der Waals surface area (Å²) < 4.78 is 7.09. The number of Topliss-reactive ketones (excluding diaryl/α,β-unsaturated/α-hetero) is 1. The van der Waals surface area contributed by atoms with E-state index >= 15 is 0 Å². The van der Waals surface area contributed by atoms with Gasteiger partial charge in [-0.05, 0) is 43.5 Å². The zero-order valence-corrected chi connectivity index (χ0v) is 13.2. The number of methoxy groups -OCH3 is 1. The van der Waals surface area contributed by atoms with Crippen molar-refractivity contribution in [2.75, 3.05) is 19.0 Å². The lowest BCUT2D eigenvalue weighted by Crippen LogP contribution is -2.20. The van der Waals surface area contributed by atoms with Gasteiger partial charge in [-0.25, -0.2) is 4.68 Å². The fourth-order valence-corrected chi connectivity index (χ4v) is 2.98. The zero-order valence-electron chi connectivity index (χ0n) is 13.2. The molecule has 1 N–H and O–H groups in total. The van der Waals surface area contributed by atoms with Gasteiger partial charge in [0.25, 0.3) is 0 Å². The Bertz CT molecular complexity index is 689. The Morgan fingerprint density at radius 1 is 1.32 bits per heavy atom. The van der Waals surface area contributed by atoms with Gasteiger partial charge in [0.2, 0.25) is 0 Å². The number of ether oxygens (including phenoxy) is 1. The first-order chi connectivity index (χ1) is 10.6. The molecule has 0 aliphatic heterocycles. The number of nitrogens with zero attached hydrogens (tertiary/aromatic N) is 2. The van der Waals surface area contributed by atoms with Gasteiger partial charge in [0.1, 0.15) is 5.75 Å². The van der Waals surface area contributed by atoms with E-state index in [1.54, 1.807) is 7.11 Å². The van der Waals surface area contributed by atoms with Crippen LogP contribution in [0.15, 0.2) is 24.3 Å². The summed E-state index contributed by atoms with van der Waals surface area (Å²) in [7, 11) is 1.65. The first-order valence-electron chi connectivity index (χ1n) is 7.67. The third kappa shape index (κ3) is 2.47. The molecule has 1 unspecified atom stereocenters. The third-order valence-corrected chi connectivity index (χ3v) is 4.00. The molecular weight excluding hydrogens is 278 g/mol. The summed E-state index contributed by atoms with van der Waals surface area (Å²) in [5.41, 5.74) is 2.71. The highest BCUT2D eigenvalue weighted by Crippen LogP contribution is 2.32. The minimum Gasteiger partial charge on any atom is -0.497 e. The number of hydrogen-bond acceptors (Lipinski definition) is 4. The predicted molar refractivity (Wildman–Crippen MR) is 86.1 cm³/mol. The van der Waals surface area contributed by atoms with Crippen LogP contribution in [0, 0.1) is 5.92 Å². The maximum Gasteiger partial charge on any atom is 0.168 e. The molecule has 0 saturated heterocycles. The first-order valence-corrected chi connectivity index (χ1v) is 7.67. The van der Waals surface area contributed by atoms with Gasteiger partial charge in [-0.2, -0.15) is 0 Å². The Hall–Kier alpha value is -2.30. The van der Waals surface area contributed by atoms with Crippen molar-refractivity contribution in [1.29, 1.82) is 0 Å². The second-order valence-electron chi connectivity index (χ2n) is 5.75. The molecule has 1 atom stereocenters. The Morgan fingerprint density at radius 2 is 2.05 bits per heavy atom. The van der Waals surface area contributed by atoms with Crippen molar-refractivity contribution in [3.8, 4) is 11.4 Å². The van der Waals surface area contributed by atoms with Crippen LogP contribution in [0.3, 0.4) is 0 Å². The fraction of sp³-hybridized carbons (Fsp3) is 0.412. The molecule has 0 fully saturated rings. The van der Waals surface area contributed by atoms with E-state index in [9.17, 15) is 4.79 Å². The smallest absolute Gasteiger partial charge is 0.168 e. The van der Waals surface area contributed by atoms with Gasteiger partial charge in [-0.15, -0.1) is 5.10 Å². The normalized spacial score (nSPS) is 17.2. The average molecular weight is 299 g/mol. The number of carbonyl (C=O) groups excluding carboxylic acids is 1. The van der Waals surface area contributed by atoms with Crippen LogP contribution < -0.4 is 10.1 Å². The molecule has 0 saturated carbocycles. The standard InChI is InChI=1S/C17H21N3O2/c1-4-18-17-16-14(9-11(2)10-15(16)21)20(19-17)12-5-7-13(22-3)8-6-12/h5-8,11H,4,9-10H2,1-3H3,(H,18,19). The van der Waals surface area contributed by atoms with Gasteiger partial charge in [-0.1, -0.05) is 6.92 Å². The highest BCUT2D eigenvalue weighted by molar-refractivity contribution is 6.02. The SMILES string of the molecule is CCNc1nn(-c2ccc(OC)cc2)c2c1C(=O)CC(C)C2. The van der Waals surface area contributed by atoms with E-state index in [0.29, 0.717) is 18.2 Å². The molecule has 0 bridgehead atoms. The predicted octanol–water partition coefficient (Wildman–Crippen LogP) is 3.08. The maximum atomic E-state index is 12.4. The number of fused-ring (bicyclic) bond motifs is 1. The van der Waals surface area contributed by atoms with Crippen LogP contribution in [0.5, 0.6) is 5.75 Å². The lowest BCUT2D eigenvalue weighted by atomic mass is 9.88. The van der Waals surface area contributed by atoms with Crippen LogP contribution in [0.4, 0.5) is 5.82 Å². The van der Waals surface area contributed by atoms with Crippen molar-refractivity contribution in [3.05, 3.63) is 35.5 Å². The number of benzene rings is 1. The van der Waals surface area contributed by atoms with Crippen molar-refractivity contribution in [2.24, 2.45) is 5.92 Å². The van der Waals surface area contributed by atoms with Gasteiger partial charge in [-0.3, -0.25) is 4.79 Å². The van der Waals surface area contributed by atoms with Gasteiger partial charge in [0, 0.05) is 13.0 Å². The van der Waals surface area contributed by atoms with Gasteiger partial charge in [0.15, 0.2) is 11.6 Å². The van der Waals surface area contributed by atoms with Crippen molar-refractivity contribution < 1.29 is 9.53 Å². The lowest BCUT2D eigenvalue weighted by Gasteiger charge is -2.19. The van der Waals surface area contributed by atoms with Gasteiger partial charge >= 0.3 is 0 Å². The molecule has 0 radical (unpaired) electrons. The molecule has 1 heterocycles. The fourth-order valence-electron chi connectivity index (χ4n) is 2.98. The molecule has 1 aromatic heterocycles. The molecule has 116 valence electrons. The van der Waals surface area contributed by atoms with Crippen LogP contribution in [-0.2, 0) is 6.42 Å². The molecule has 1 aromatic carbocycles. The summed E-state index contributed by atoms with van der Waals surface area (Å²) in [6.45, 7) is 4.86. The number of ketones is 1. The van der Waals surface area contributed by atoms with E-state index in [-0.39, 0.29) is 5.78 Å². The Kier molecular flexibility index (Phi) is 3.88. The van der Waals surface area contributed by atoms with Crippen LogP contribution in [-0.4, -0.2) is 29.2 Å². The second kappa shape index (κ2) is 5.83. The summed E-state index contributed by atoms with van der Waals surface area (Å²) in [5, 5.41) is 7.85. The Labute approximate surface area is 130 Å². The second-order valence-corrected chi connectivity index (χ2v) is 5.75. The molecule has 5 heteroatoms. The summed E-state index contributed by atoms with van der Waals surface area (Å²) >= 11 is 0. The quantitative estimate of drug-likeness (QED) is 0.942. The largest absolute Gasteiger partial charge is 0.497 e. The number of aromatic nitrogens is 2. The minimum atomic E-state index is 0.185. The number of nitrogens with one attached hydrogen (secondary N) is 1. The molecule has 0 spiro atoms. The van der Waals surface area contributed by atoms with E-state index in [2.05, 4.69) is 17.3 Å². The molecule has 2 aromatic rings. The summed E-state index contributed by atoms with van der Waals surface area (Å²) in [4.78, 5) is 12.4. The van der Waals surface area contributed by atoms with Crippen molar-refractivity contribution >= 4 is 11.6 Å². The molecule has 5 nitrogen and oxygen atoms in total. The highest BCUT2D eigenvalue weighted by Gasteiger charge is 2.30. The molecular formula is C17H21N3O2. The van der Waals surface area contributed by atoms with Crippen LogP contribution in [0.2, 0.25) is 0 Å². The third-order valence-electron chi connectivity index (χ3n) is 4.00. The maximum absolute atomic E-state index is 12.4. The van der Waals surface area contributed by atoms with Crippen LogP contribution in [0.1, 0.15) is 36.3 Å². The summed E-state index contributed by atoms with van der Waals surface area (Å²) in [6.07, 6.45) is 1.46. The number of anilines is 1. The van der Waals surface area contributed by atoms with Crippen LogP contribution in [0.25, 0.3) is 5.69 Å². The minimum absolute atomic E-state index is 0.185. The zero-order chi connectivity index (χ0) is 15.7.